The Hall–Kier alpha value is -2.28. The van der Waals surface area contributed by atoms with E-state index < -0.39 is 0 Å². The van der Waals surface area contributed by atoms with Crippen LogP contribution >= 0.6 is 0 Å². The first kappa shape index (κ1) is 12.2. The average molecular weight is 241 g/mol. The van der Waals surface area contributed by atoms with Crippen LogP contribution in [0, 0.1) is 11.3 Å². The van der Waals surface area contributed by atoms with Crippen molar-refractivity contribution in [3.05, 3.63) is 47.3 Å². The van der Waals surface area contributed by atoms with Gasteiger partial charge in [-0.05, 0) is 12.8 Å². The molecule has 0 aromatic heterocycles. The van der Waals surface area contributed by atoms with Crippen LogP contribution in [0.3, 0.4) is 0 Å². The maximum absolute atomic E-state index is 12.2. The predicted octanol–water partition coefficient (Wildman–Crippen LogP) is 1.58. The summed E-state index contributed by atoms with van der Waals surface area (Å²) in [6.07, 6.45) is 2.07. The molecule has 1 aliphatic rings. The number of rotatable bonds is 2. The predicted molar refractivity (Wildman–Crippen MR) is 68.7 cm³/mol. The smallest absolute Gasteiger partial charge is 0.207 e. The van der Waals surface area contributed by atoms with Gasteiger partial charge in [-0.15, -0.1) is 0 Å². The van der Waals surface area contributed by atoms with E-state index in [0.717, 1.165) is 25.9 Å². The number of hydrogen-bond donors (Lipinski definition) is 2. The van der Waals surface area contributed by atoms with Gasteiger partial charge in [-0.1, -0.05) is 30.3 Å². The summed E-state index contributed by atoms with van der Waals surface area (Å²) >= 11 is 0. The lowest BCUT2D eigenvalue weighted by Gasteiger charge is -2.10. The molecule has 1 heterocycles. The van der Waals surface area contributed by atoms with Gasteiger partial charge in [-0.25, -0.2) is 0 Å². The maximum Gasteiger partial charge on any atom is 0.207 e. The second-order valence-corrected chi connectivity index (χ2v) is 4.12. The van der Waals surface area contributed by atoms with E-state index in [0.29, 0.717) is 11.4 Å². The third-order valence-electron chi connectivity index (χ3n) is 2.83. The van der Waals surface area contributed by atoms with Gasteiger partial charge >= 0.3 is 0 Å². The Bertz CT molecular complexity index is 490. The van der Waals surface area contributed by atoms with Crippen molar-refractivity contribution in [3.63, 3.8) is 0 Å². The Balaban J connectivity index is 2.31. The zero-order valence-corrected chi connectivity index (χ0v) is 10.1. The molecule has 0 spiro atoms. The van der Waals surface area contributed by atoms with Gasteiger partial charge in [0.1, 0.15) is 17.5 Å². The van der Waals surface area contributed by atoms with Crippen LogP contribution < -0.4 is 10.6 Å². The first-order valence-electron chi connectivity index (χ1n) is 6.05. The Morgan fingerprint density at radius 1 is 1.11 bits per heavy atom. The van der Waals surface area contributed by atoms with Crippen LogP contribution in [0.15, 0.2) is 41.7 Å². The summed E-state index contributed by atoms with van der Waals surface area (Å²) in [7, 11) is 0. The fourth-order valence-corrected chi connectivity index (χ4v) is 1.87. The van der Waals surface area contributed by atoms with Crippen LogP contribution in [0.1, 0.15) is 23.2 Å². The van der Waals surface area contributed by atoms with Gasteiger partial charge in [0.25, 0.3) is 0 Å². The number of carbonyl (C=O) groups is 1. The molecule has 0 bridgehead atoms. The topological polar surface area (TPSA) is 64.9 Å². The molecule has 0 atom stereocenters. The van der Waals surface area contributed by atoms with Gasteiger partial charge in [-0.2, -0.15) is 5.26 Å². The zero-order valence-electron chi connectivity index (χ0n) is 10.1. The lowest BCUT2D eigenvalue weighted by Crippen LogP contribution is -2.27. The lowest BCUT2D eigenvalue weighted by molar-refractivity contribution is 0.103. The number of nitrogens with zero attached hydrogens (tertiary/aromatic N) is 1. The Morgan fingerprint density at radius 2 is 1.72 bits per heavy atom. The normalized spacial score (nSPS) is 14.7. The maximum atomic E-state index is 12.2. The minimum absolute atomic E-state index is 0.156. The van der Waals surface area contributed by atoms with Crippen LogP contribution in [0.5, 0.6) is 0 Å². The Morgan fingerprint density at radius 3 is 2.28 bits per heavy atom. The third kappa shape index (κ3) is 2.69. The largest absolute Gasteiger partial charge is 0.371 e. The molecule has 1 aromatic carbocycles. The number of carbonyl (C=O) groups excluding carboxylic acids is 1. The first-order valence-corrected chi connectivity index (χ1v) is 6.05. The van der Waals surface area contributed by atoms with Crippen molar-refractivity contribution >= 4 is 5.78 Å². The molecule has 0 saturated carbocycles. The van der Waals surface area contributed by atoms with Crippen molar-refractivity contribution in [3.8, 4) is 6.07 Å². The monoisotopic (exact) mass is 241 g/mol. The number of nitrogens with one attached hydrogen (secondary N) is 2. The Labute approximate surface area is 106 Å². The fraction of sp³-hybridized carbons (Fsp3) is 0.286. The molecule has 18 heavy (non-hydrogen) atoms. The minimum Gasteiger partial charge on any atom is -0.371 e. The van der Waals surface area contributed by atoms with Gasteiger partial charge in [-0.3, -0.25) is 4.79 Å². The minimum atomic E-state index is -0.241. The van der Waals surface area contributed by atoms with E-state index >= 15 is 0 Å². The molecule has 0 aliphatic carbocycles. The van der Waals surface area contributed by atoms with E-state index in [1.807, 2.05) is 12.1 Å². The second-order valence-electron chi connectivity index (χ2n) is 4.12. The number of hydrogen-bond acceptors (Lipinski definition) is 4. The number of ketones is 1. The number of nitriles is 1. The van der Waals surface area contributed by atoms with Crippen molar-refractivity contribution in [1.29, 1.82) is 5.26 Å². The molecule has 4 heteroatoms. The summed E-state index contributed by atoms with van der Waals surface area (Å²) < 4.78 is 0. The van der Waals surface area contributed by atoms with Crippen molar-refractivity contribution in [1.82, 2.24) is 10.6 Å². The molecule has 0 unspecified atom stereocenters. The molecular formula is C14H15N3O. The average Bonchev–Trinajstić information content (AvgIpc) is 2.70. The molecule has 4 nitrogen and oxygen atoms in total. The van der Waals surface area contributed by atoms with Gasteiger partial charge in [0.05, 0.1) is 0 Å². The van der Waals surface area contributed by atoms with Gasteiger partial charge in [0.15, 0.2) is 0 Å². The van der Waals surface area contributed by atoms with Crippen molar-refractivity contribution in [2.45, 2.75) is 12.8 Å². The first-order chi connectivity index (χ1) is 8.83. The van der Waals surface area contributed by atoms with E-state index in [9.17, 15) is 10.1 Å². The summed E-state index contributed by atoms with van der Waals surface area (Å²) in [6, 6.07) is 10.9. The lowest BCUT2D eigenvalue weighted by atomic mass is 10.0. The molecule has 2 N–H and O–H groups in total. The highest BCUT2D eigenvalue weighted by atomic mass is 16.1. The third-order valence-corrected chi connectivity index (χ3v) is 2.83. The summed E-state index contributed by atoms with van der Waals surface area (Å²) in [4.78, 5) is 12.2. The summed E-state index contributed by atoms with van der Waals surface area (Å²) in [5.41, 5.74) is 0.692. The highest BCUT2D eigenvalue weighted by Gasteiger charge is 2.17. The van der Waals surface area contributed by atoms with Crippen LogP contribution in [0.25, 0.3) is 0 Å². The zero-order chi connectivity index (χ0) is 12.8. The van der Waals surface area contributed by atoms with Crippen LogP contribution in [-0.2, 0) is 0 Å². The highest BCUT2D eigenvalue weighted by Crippen LogP contribution is 2.10. The van der Waals surface area contributed by atoms with Crippen molar-refractivity contribution in [2.75, 3.05) is 13.1 Å². The van der Waals surface area contributed by atoms with Crippen molar-refractivity contribution < 1.29 is 4.79 Å². The SMILES string of the molecule is N#CC(C(=O)c1ccccc1)=C1NCCCCN1. The number of benzene rings is 1. The standard InChI is InChI=1S/C14H15N3O/c15-10-12(14-16-8-4-5-9-17-14)13(18)11-6-2-1-3-7-11/h1-3,6-7,16-17H,4-5,8-9H2. The quantitative estimate of drug-likeness (QED) is 0.468. The van der Waals surface area contributed by atoms with Crippen LogP contribution in [-0.4, -0.2) is 18.9 Å². The van der Waals surface area contributed by atoms with E-state index in [1.54, 1.807) is 24.3 Å². The van der Waals surface area contributed by atoms with Crippen LogP contribution in [0.2, 0.25) is 0 Å². The number of Topliss-reactive ketones (excluding diaryl/α,β-unsaturated/α-hetero) is 1. The van der Waals surface area contributed by atoms with Gasteiger partial charge < -0.3 is 10.6 Å². The molecule has 0 radical (unpaired) electrons. The molecule has 1 aliphatic heterocycles. The van der Waals surface area contributed by atoms with E-state index in [1.165, 1.54) is 0 Å². The summed E-state index contributed by atoms with van der Waals surface area (Å²) in [6.45, 7) is 1.57. The summed E-state index contributed by atoms with van der Waals surface area (Å²) in [5, 5.41) is 15.4. The second kappa shape index (κ2) is 5.87. The van der Waals surface area contributed by atoms with E-state index in [2.05, 4.69) is 10.6 Å². The fourth-order valence-electron chi connectivity index (χ4n) is 1.87. The molecule has 2 rings (SSSR count). The molecule has 0 amide bonds. The number of allylic oxidation sites excluding steroid dienone is 1. The molecule has 1 aromatic rings. The Kier molecular flexibility index (Phi) is 3.98. The van der Waals surface area contributed by atoms with E-state index in [-0.39, 0.29) is 11.4 Å². The van der Waals surface area contributed by atoms with Crippen molar-refractivity contribution in [2.24, 2.45) is 0 Å². The molecule has 1 fully saturated rings. The van der Waals surface area contributed by atoms with Gasteiger partial charge in [0, 0.05) is 18.7 Å². The van der Waals surface area contributed by atoms with E-state index in [4.69, 9.17) is 0 Å². The van der Waals surface area contributed by atoms with Crippen LogP contribution in [0.4, 0.5) is 0 Å². The molecule has 92 valence electrons. The summed E-state index contributed by atoms with van der Waals surface area (Å²) in [5.74, 6) is 0.318. The molecule has 1 saturated heterocycles. The van der Waals surface area contributed by atoms with Gasteiger partial charge in [0.2, 0.25) is 5.78 Å². The molecular weight excluding hydrogens is 226 g/mol. The highest BCUT2D eigenvalue weighted by molar-refractivity contribution is 6.11.